The predicted octanol–water partition coefficient (Wildman–Crippen LogP) is 3.16. The lowest BCUT2D eigenvalue weighted by atomic mass is 10.2. The van der Waals surface area contributed by atoms with Crippen LogP contribution in [0.15, 0.2) is 54.6 Å². The van der Waals surface area contributed by atoms with Crippen LogP contribution in [-0.2, 0) is 14.8 Å². The van der Waals surface area contributed by atoms with Gasteiger partial charge >= 0.3 is 0 Å². The van der Waals surface area contributed by atoms with E-state index < -0.39 is 16.1 Å². The van der Waals surface area contributed by atoms with E-state index in [4.69, 9.17) is 11.6 Å². The van der Waals surface area contributed by atoms with Crippen molar-refractivity contribution in [3.8, 4) is 0 Å². The quantitative estimate of drug-likeness (QED) is 0.816. The number of sulfonamides is 1. The van der Waals surface area contributed by atoms with E-state index >= 15 is 0 Å². The molecular formula is C17H19ClN2O3S. The molecule has 0 N–H and O–H groups in total. The van der Waals surface area contributed by atoms with Crippen LogP contribution in [0, 0.1) is 0 Å². The molecule has 0 saturated carbocycles. The van der Waals surface area contributed by atoms with Crippen LogP contribution < -0.4 is 9.21 Å². The van der Waals surface area contributed by atoms with Crippen molar-refractivity contribution in [1.29, 1.82) is 0 Å². The number of carbonyl (C=O) groups excluding carboxylic acids is 1. The van der Waals surface area contributed by atoms with Gasteiger partial charge in [-0.05, 0) is 43.3 Å². The summed E-state index contributed by atoms with van der Waals surface area (Å²) in [5.74, 6) is -0.332. The molecule has 0 saturated heterocycles. The zero-order valence-corrected chi connectivity index (χ0v) is 15.3. The van der Waals surface area contributed by atoms with Crippen molar-refractivity contribution in [2.45, 2.75) is 13.0 Å². The van der Waals surface area contributed by atoms with E-state index in [2.05, 4.69) is 0 Å². The molecule has 2 aromatic rings. The largest absolute Gasteiger partial charge is 0.314 e. The third-order valence-corrected chi connectivity index (χ3v) is 5.12. The van der Waals surface area contributed by atoms with E-state index in [1.54, 1.807) is 50.4 Å². The molecule has 5 nitrogen and oxygen atoms in total. The normalized spacial score (nSPS) is 12.5. The van der Waals surface area contributed by atoms with Crippen LogP contribution in [0.4, 0.5) is 11.4 Å². The van der Waals surface area contributed by atoms with E-state index in [0.29, 0.717) is 16.4 Å². The average molecular weight is 367 g/mol. The summed E-state index contributed by atoms with van der Waals surface area (Å²) >= 11 is 5.86. The van der Waals surface area contributed by atoms with Gasteiger partial charge in [0.2, 0.25) is 15.9 Å². The molecule has 0 heterocycles. The molecule has 1 amide bonds. The average Bonchev–Trinajstić information content (AvgIpc) is 2.55. The third kappa shape index (κ3) is 4.07. The molecule has 0 aliphatic rings. The summed E-state index contributed by atoms with van der Waals surface area (Å²) in [4.78, 5) is 14.2. The molecule has 2 rings (SSSR count). The van der Waals surface area contributed by atoms with Gasteiger partial charge in [0.1, 0.15) is 6.04 Å². The first-order valence-electron chi connectivity index (χ1n) is 7.29. The number of amides is 1. The highest BCUT2D eigenvalue weighted by Crippen LogP contribution is 2.24. The molecule has 0 spiro atoms. The summed E-state index contributed by atoms with van der Waals surface area (Å²) in [6.45, 7) is 1.57. The molecule has 128 valence electrons. The maximum atomic E-state index is 12.8. The standard InChI is InChI=1S/C17H19ClN2O3S/c1-13(17(21)19(2)15-7-5-4-6-8-15)20(24(3,22)23)16-11-9-14(18)10-12-16/h4-13H,1-3H3/t13-/m1/s1. The monoisotopic (exact) mass is 366 g/mol. The van der Waals surface area contributed by atoms with Crippen molar-refractivity contribution in [2.75, 3.05) is 22.5 Å². The van der Waals surface area contributed by atoms with Crippen LogP contribution in [0.5, 0.6) is 0 Å². The Morgan fingerprint density at radius 1 is 1.00 bits per heavy atom. The number of carbonyl (C=O) groups is 1. The lowest BCUT2D eigenvalue weighted by molar-refractivity contribution is -0.119. The van der Waals surface area contributed by atoms with Gasteiger partial charge in [-0.1, -0.05) is 29.8 Å². The second-order valence-electron chi connectivity index (χ2n) is 5.44. The number of para-hydroxylation sites is 1. The highest BCUT2D eigenvalue weighted by atomic mass is 35.5. The zero-order valence-electron chi connectivity index (χ0n) is 13.7. The molecular weight excluding hydrogens is 348 g/mol. The Morgan fingerprint density at radius 3 is 2.04 bits per heavy atom. The van der Waals surface area contributed by atoms with Gasteiger partial charge in [0, 0.05) is 17.8 Å². The summed E-state index contributed by atoms with van der Waals surface area (Å²) < 4.78 is 25.6. The minimum Gasteiger partial charge on any atom is -0.314 e. The van der Waals surface area contributed by atoms with Crippen LogP contribution in [0.1, 0.15) is 6.92 Å². The van der Waals surface area contributed by atoms with Crippen molar-refractivity contribution in [2.24, 2.45) is 0 Å². The van der Waals surface area contributed by atoms with Crippen LogP contribution in [-0.4, -0.2) is 33.7 Å². The fourth-order valence-electron chi connectivity index (χ4n) is 2.45. The number of nitrogens with zero attached hydrogens (tertiary/aromatic N) is 2. The van der Waals surface area contributed by atoms with Crippen LogP contribution >= 0.6 is 11.6 Å². The van der Waals surface area contributed by atoms with Crippen molar-refractivity contribution in [1.82, 2.24) is 0 Å². The molecule has 1 atom stereocenters. The number of hydrogen-bond acceptors (Lipinski definition) is 3. The highest BCUT2D eigenvalue weighted by Gasteiger charge is 2.31. The van der Waals surface area contributed by atoms with Gasteiger partial charge in [-0.15, -0.1) is 0 Å². The smallest absolute Gasteiger partial charge is 0.250 e. The predicted molar refractivity (Wildman–Crippen MR) is 98.1 cm³/mol. The van der Waals surface area contributed by atoms with Gasteiger partial charge < -0.3 is 4.90 Å². The molecule has 7 heteroatoms. The lowest BCUT2D eigenvalue weighted by Gasteiger charge is -2.31. The highest BCUT2D eigenvalue weighted by molar-refractivity contribution is 7.92. The summed E-state index contributed by atoms with van der Waals surface area (Å²) in [6.07, 6.45) is 1.08. The Labute approximate surface area is 147 Å². The number of anilines is 2. The van der Waals surface area contributed by atoms with E-state index in [9.17, 15) is 13.2 Å². The first-order valence-corrected chi connectivity index (χ1v) is 9.52. The molecule has 0 unspecified atom stereocenters. The fraction of sp³-hybridized carbons (Fsp3) is 0.235. The maximum Gasteiger partial charge on any atom is 0.250 e. The summed E-state index contributed by atoms with van der Waals surface area (Å²) in [7, 11) is -2.03. The number of halogens is 1. The van der Waals surface area contributed by atoms with Crippen molar-refractivity contribution >= 4 is 38.9 Å². The minimum absolute atomic E-state index is 0.332. The van der Waals surface area contributed by atoms with Gasteiger partial charge in [0.15, 0.2) is 0 Å². The third-order valence-electron chi connectivity index (χ3n) is 3.62. The van der Waals surface area contributed by atoms with Crippen molar-refractivity contribution in [3.63, 3.8) is 0 Å². The van der Waals surface area contributed by atoms with Gasteiger partial charge in [-0.3, -0.25) is 9.10 Å². The molecule has 0 fully saturated rings. The van der Waals surface area contributed by atoms with E-state index in [1.165, 1.54) is 4.90 Å². The first-order chi connectivity index (χ1) is 11.2. The minimum atomic E-state index is -3.65. The number of rotatable bonds is 5. The molecule has 0 aromatic heterocycles. The lowest BCUT2D eigenvalue weighted by Crippen LogP contribution is -2.48. The molecule has 24 heavy (non-hydrogen) atoms. The molecule has 0 bridgehead atoms. The molecule has 2 aromatic carbocycles. The van der Waals surface area contributed by atoms with E-state index in [1.807, 2.05) is 18.2 Å². The van der Waals surface area contributed by atoms with Gasteiger partial charge in [-0.25, -0.2) is 8.42 Å². The molecule has 0 aliphatic carbocycles. The van der Waals surface area contributed by atoms with Gasteiger partial charge in [-0.2, -0.15) is 0 Å². The number of likely N-dealkylation sites (N-methyl/N-ethyl adjacent to an activating group) is 1. The van der Waals surface area contributed by atoms with Crippen LogP contribution in [0.25, 0.3) is 0 Å². The second kappa shape index (κ2) is 7.23. The first kappa shape index (κ1) is 18.3. The van der Waals surface area contributed by atoms with Crippen molar-refractivity contribution in [3.05, 3.63) is 59.6 Å². The Morgan fingerprint density at radius 2 is 1.54 bits per heavy atom. The second-order valence-corrected chi connectivity index (χ2v) is 7.74. The van der Waals surface area contributed by atoms with Crippen LogP contribution in [0.3, 0.4) is 0 Å². The maximum absolute atomic E-state index is 12.8. The number of benzene rings is 2. The topological polar surface area (TPSA) is 57.7 Å². The Bertz CT molecular complexity index is 807. The zero-order chi connectivity index (χ0) is 17.9. The Balaban J connectivity index is 2.36. The van der Waals surface area contributed by atoms with Crippen molar-refractivity contribution < 1.29 is 13.2 Å². The SMILES string of the molecule is C[C@H](C(=O)N(C)c1ccccc1)N(c1ccc(Cl)cc1)S(C)(=O)=O. The van der Waals surface area contributed by atoms with E-state index in [0.717, 1.165) is 10.6 Å². The number of hydrogen-bond donors (Lipinski definition) is 0. The summed E-state index contributed by atoms with van der Waals surface area (Å²) in [6, 6.07) is 14.5. The van der Waals surface area contributed by atoms with Crippen LogP contribution in [0.2, 0.25) is 5.02 Å². The molecule has 0 aliphatic heterocycles. The fourth-order valence-corrected chi connectivity index (χ4v) is 3.74. The Hall–Kier alpha value is -2.05. The van der Waals surface area contributed by atoms with Gasteiger partial charge in [0.25, 0.3) is 0 Å². The molecule has 0 radical (unpaired) electrons. The summed E-state index contributed by atoms with van der Waals surface area (Å²) in [5.41, 5.74) is 1.09. The van der Waals surface area contributed by atoms with Gasteiger partial charge in [0.05, 0.1) is 11.9 Å². The Kier molecular flexibility index (Phi) is 5.51. The van der Waals surface area contributed by atoms with E-state index in [-0.39, 0.29) is 5.91 Å². The summed E-state index contributed by atoms with van der Waals surface area (Å²) in [5, 5.41) is 0.493.